The molecule has 0 bridgehead atoms. The van der Waals surface area contributed by atoms with Crippen LogP contribution in [0.2, 0.25) is 0 Å². The van der Waals surface area contributed by atoms with Gasteiger partial charge in [0.25, 0.3) is 0 Å². The molecule has 2 heterocycles. The molecular formula is C19H24F2N4O. The maximum absolute atomic E-state index is 13.9. The summed E-state index contributed by atoms with van der Waals surface area (Å²) in [5, 5.41) is 7.36. The Balaban J connectivity index is 1.62. The van der Waals surface area contributed by atoms with E-state index in [0.29, 0.717) is 19.6 Å². The number of rotatable bonds is 6. The van der Waals surface area contributed by atoms with E-state index < -0.39 is 11.6 Å². The summed E-state index contributed by atoms with van der Waals surface area (Å²) in [7, 11) is 0. The number of amides is 1. The molecule has 1 N–H and O–H groups in total. The summed E-state index contributed by atoms with van der Waals surface area (Å²) in [4.78, 5) is 14.4. The third-order valence-electron chi connectivity index (χ3n) is 4.61. The van der Waals surface area contributed by atoms with Gasteiger partial charge in [0, 0.05) is 31.9 Å². The fraction of sp³-hybridized carbons (Fsp3) is 0.474. The summed E-state index contributed by atoms with van der Waals surface area (Å²) in [6, 6.07) is 5.25. The van der Waals surface area contributed by atoms with Gasteiger partial charge in [-0.3, -0.25) is 9.69 Å². The lowest BCUT2D eigenvalue weighted by molar-refractivity contribution is -0.126. The van der Waals surface area contributed by atoms with Gasteiger partial charge in [-0.05, 0) is 44.0 Å². The number of likely N-dealkylation sites (tertiary alicyclic amines) is 1. The van der Waals surface area contributed by atoms with Crippen LogP contribution in [0.3, 0.4) is 0 Å². The van der Waals surface area contributed by atoms with E-state index in [1.165, 1.54) is 16.8 Å². The Labute approximate surface area is 152 Å². The number of carbonyl (C=O) groups excluding carboxylic acids is 1. The van der Waals surface area contributed by atoms with Crippen LogP contribution >= 0.6 is 0 Å². The predicted molar refractivity (Wildman–Crippen MR) is 94.8 cm³/mol. The van der Waals surface area contributed by atoms with Crippen LogP contribution in [0.5, 0.6) is 0 Å². The number of nitrogens with one attached hydrogen (secondary N) is 1. The number of benzene rings is 1. The largest absolute Gasteiger partial charge is 0.356 e. The number of carbonyl (C=O) groups is 1. The number of halogens is 2. The number of nitrogens with zero attached hydrogens (tertiary/aromatic N) is 3. The van der Waals surface area contributed by atoms with E-state index >= 15 is 0 Å². The van der Waals surface area contributed by atoms with E-state index in [9.17, 15) is 13.6 Å². The van der Waals surface area contributed by atoms with Gasteiger partial charge in [-0.1, -0.05) is 6.92 Å². The van der Waals surface area contributed by atoms with Crippen LogP contribution in [0.1, 0.15) is 31.9 Å². The highest BCUT2D eigenvalue weighted by Gasteiger charge is 2.25. The first kappa shape index (κ1) is 18.5. The topological polar surface area (TPSA) is 50.2 Å². The van der Waals surface area contributed by atoms with Crippen LogP contribution in [0, 0.1) is 17.6 Å². The first-order chi connectivity index (χ1) is 12.6. The first-order valence-corrected chi connectivity index (χ1v) is 9.07. The van der Waals surface area contributed by atoms with Crippen molar-refractivity contribution in [3.8, 4) is 5.69 Å². The summed E-state index contributed by atoms with van der Waals surface area (Å²) in [5.41, 5.74) is 1.01. The molecule has 1 fully saturated rings. The van der Waals surface area contributed by atoms with Crippen LogP contribution < -0.4 is 5.32 Å². The minimum Gasteiger partial charge on any atom is -0.356 e. The molecule has 5 nitrogen and oxygen atoms in total. The summed E-state index contributed by atoms with van der Waals surface area (Å²) >= 11 is 0. The van der Waals surface area contributed by atoms with E-state index in [0.717, 1.165) is 37.6 Å². The maximum atomic E-state index is 13.9. The Bertz CT molecular complexity index is 762. The molecule has 140 valence electrons. The van der Waals surface area contributed by atoms with E-state index in [2.05, 4.69) is 15.3 Å². The predicted octanol–water partition coefficient (Wildman–Crippen LogP) is 2.89. The van der Waals surface area contributed by atoms with Crippen molar-refractivity contribution in [3.63, 3.8) is 0 Å². The zero-order chi connectivity index (χ0) is 18.5. The lowest BCUT2D eigenvalue weighted by atomic mass is 9.97. The lowest BCUT2D eigenvalue weighted by Crippen LogP contribution is -2.42. The van der Waals surface area contributed by atoms with Crippen molar-refractivity contribution in [2.24, 2.45) is 5.92 Å². The Kier molecular flexibility index (Phi) is 5.98. The van der Waals surface area contributed by atoms with E-state index in [-0.39, 0.29) is 17.5 Å². The third kappa shape index (κ3) is 4.46. The molecule has 1 unspecified atom stereocenters. The van der Waals surface area contributed by atoms with Crippen molar-refractivity contribution in [2.45, 2.75) is 32.7 Å². The van der Waals surface area contributed by atoms with Crippen molar-refractivity contribution in [3.05, 3.63) is 47.8 Å². The molecular weight excluding hydrogens is 338 g/mol. The van der Waals surface area contributed by atoms with Crippen LogP contribution in [0.4, 0.5) is 8.78 Å². The highest BCUT2D eigenvalue weighted by Crippen LogP contribution is 2.19. The Morgan fingerprint density at radius 2 is 2.19 bits per heavy atom. The van der Waals surface area contributed by atoms with E-state index in [1.54, 1.807) is 6.20 Å². The molecule has 0 saturated carbocycles. The molecule has 7 heteroatoms. The number of piperidine rings is 1. The van der Waals surface area contributed by atoms with Gasteiger partial charge in [-0.2, -0.15) is 5.10 Å². The van der Waals surface area contributed by atoms with Crippen LogP contribution in [0.15, 0.2) is 30.5 Å². The number of hydrogen-bond acceptors (Lipinski definition) is 3. The molecule has 1 aromatic heterocycles. The van der Waals surface area contributed by atoms with Crippen molar-refractivity contribution >= 4 is 5.91 Å². The Morgan fingerprint density at radius 1 is 1.35 bits per heavy atom. The summed E-state index contributed by atoms with van der Waals surface area (Å²) in [5.74, 6) is -1.13. The molecule has 0 radical (unpaired) electrons. The fourth-order valence-corrected chi connectivity index (χ4v) is 3.28. The molecule has 3 rings (SSSR count). The summed E-state index contributed by atoms with van der Waals surface area (Å²) in [6.07, 6.45) is 4.47. The summed E-state index contributed by atoms with van der Waals surface area (Å²) < 4.78 is 28.4. The highest BCUT2D eigenvalue weighted by molar-refractivity contribution is 5.78. The van der Waals surface area contributed by atoms with Crippen LogP contribution in [-0.2, 0) is 11.3 Å². The first-order valence-electron chi connectivity index (χ1n) is 9.07. The van der Waals surface area contributed by atoms with Gasteiger partial charge in [-0.15, -0.1) is 0 Å². The maximum Gasteiger partial charge on any atom is 0.224 e. The SMILES string of the molecule is CCCNC(=O)C1CCCN(Cc2ccn(-c3ccc(F)cc3F)n2)C1. The minimum atomic E-state index is -0.648. The quantitative estimate of drug-likeness (QED) is 0.860. The Hall–Kier alpha value is -2.28. The van der Waals surface area contributed by atoms with Crippen LogP contribution in [0.25, 0.3) is 5.69 Å². The average molecular weight is 362 g/mol. The van der Waals surface area contributed by atoms with Gasteiger partial charge in [0.1, 0.15) is 11.5 Å². The molecule has 26 heavy (non-hydrogen) atoms. The second kappa shape index (κ2) is 8.40. The van der Waals surface area contributed by atoms with Gasteiger partial charge >= 0.3 is 0 Å². The van der Waals surface area contributed by atoms with Gasteiger partial charge in [0.15, 0.2) is 5.82 Å². The van der Waals surface area contributed by atoms with Crippen molar-refractivity contribution in [1.82, 2.24) is 20.0 Å². The van der Waals surface area contributed by atoms with E-state index in [4.69, 9.17) is 0 Å². The lowest BCUT2D eigenvalue weighted by Gasteiger charge is -2.31. The highest BCUT2D eigenvalue weighted by atomic mass is 19.1. The Morgan fingerprint density at radius 3 is 2.96 bits per heavy atom. The molecule has 1 aliphatic heterocycles. The average Bonchev–Trinajstić information content (AvgIpc) is 3.08. The minimum absolute atomic E-state index is 0.00642. The molecule has 1 saturated heterocycles. The number of aromatic nitrogens is 2. The van der Waals surface area contributed by atoms with Gasteiger partial charge in [0.2, 0.25) is 5.91 Å². The molecule has 0 aliphatic carbocycles. The van der Waals surface area contributed by atoms with Gasteiger partial charge in [-0.25, -0.2) is 13.5 Å². The number of hydrogen-bond donors (Lipinski definition) is 1. The van der Waals surface area contributed by atoms with Crippen molar-refractivity contribution in [2.75, 3.05) is 19.6 Å². The normalized spacial score (nSPS) is 18.0. The molecule has 1 atom stereocenters. The van der Waals surface area contributed by atoms with Crippen molar-refractivity contribution < 1.29 is 13.6 Å². The zero-order valence-electron chi connectivity index (χ0n) is 14.9. The van der Waals surface area contributed by atoms with Crippen LogP contribution in [-0.4, -0.2) is 40.2 Å². The second-order valence-electron chi connectivity index (χ2n) is 6.71. The molecule has 1 aromatic carbocycles. The molecule has 1 aliphatic rings. The zero-order valence-corrected chi connectivity index (χ0v) is 14.9. The molecule has 0 spiro atoms. The van der Waals surface area contributed by atoms with Gasteiger partial charge in [0.05, 0.1) is 11.6 Å². The standard InChI is InChI=1S/C19H24F2N4O/c1-2-8-22-19(26)14-4-3-9-24(12-14)13-16-7-10-25(23-16)18-6-5-15(20)11-17(18)21/h5-7,10-11,14H,2-4,8-9,12-13H2,1H3,(H,22,26). The van der Waals surface area contributed by atoms with Crippen molar-refractivity contribution in [1.29, 1.82) is 0 Å². The summed E-state index contributed by atoms with van der Waals surface area (Å²) in [6.45, 7) is 4.97. The monoisotopic (exact) mass is 362 g/mol. The molecule has 2 aromatic rings. The molecule has 1 amide bonds. The van der Waals surface area contributed by atoms with E-state index in [1.807, 2.05) is 13.0 Å². The third-order valence-corrected chi connectivity index (χ3v) is 4.61. The second-order valence-corrected chi connectivity index (χ2v) is 6.71. The smallest absolute Gasteiger partial charge is 0.224 e. The van der Waals surface area contributed by atoms with Gasteiger partial charge < -0.3 is 5.32 Å². The fourth-order valence-electron chi connectivity index (χ4n) is 3.28.